The van der Waals surface area contributed by atoms with E-state index in [2.05, 4.69) is 23.8 Å². The molecule has 0 amide bonds. The lowest BCUT2D eigenvalue weighted by Crippen LogP contribution is -2.55. The molecule has 0 aliphatic carbocycles. The van der Waals surface area contributed by atoms with Crippen LogP contribution in [0.1, 0.15) is 25.4 Å². The highest BCUT2D eigenvalue weighted by Crippen LogP contribution is 2.22. The molecule has 1 aromatic heterocycles. The molecule has 5 nitrogen and oxygen atoms in total. The number of imidazole rings is 1. The quantitative estimate of drug-likeness (QED) is 0.697. The van der Waals surface area contributed by atoms with Crippen molar-refractivity contribution in [3.05, 3.63) is 17.7 Å². The van der Waals surface area contributed by atoms with E-state index in [1.165, 1.54) is 0 Å². The average molecular weight is 294 g/mol. The van der Waals surface area contributed by atoms with Crippen molar-refractivity contribution in [2.24, 2.45) is 11.7 Å². The number of hydrogen-bond acceptors (Lipinski definition) is 3. The van der Waals surface area contributed by atoms with Crippen LogP contribution in [0.3, 0.4) is 0 Å². The summed E-state index contributed by atoms with van der Waals surface area (Å²) in [4.78, 5) is 17.0. The van der Waals surface area contributed by atoms with Crippen LogP contribution in [-0.4, -0.2) is 31.4 Å². The SMILES string of the molecule is CC(C)Cc1cnc(CC(N)(C(=O)O)C(Cl)Cl)[nH]1. The summed E-state index contributed by atoms with van der Waals surface area (Å²) >= 11 is 11.3. The number of nitrogens with one attached hydrogen (secondary N) is 1. The first-order valence-electron chi connectivity index (χ1n) is 5.59. The van der Waals surface area contributed by atoms with E-state index < -0.39 is 16.3 Å². The Kier molecular flexibility index (Phi) is 5.01. The molecule has 7 heteroatoms. The summed E-state index contributed by atoms with van der Waals surface area (Å²) in [6.45, 7) is 4.16. The fourth-order valence-corrected chi connectivity index (χ4v) is 1.90. The highest BCUT2D eigenvalue weighted by atomic mass is 35.5. The molecule has 1 heterocycles. The molecule has 0 aliphatic heterocycles. The Morgan fingerprint density at radius 2 is 2.22 bits per heavy atom. The smallest absolute Gasteiger partial charge is 0.326 e. The summed E-state index contributed by atoms with van der Waals surface area (Å²) in [6, 6.07) is 0. The average Bonchev–Trinajstić information content (AvgIpc) is 2.63. The lowest BCUT2D eigenvalue weighted by molar-refractivity contribution is -0.142. The number of carboxylic acid groups (broad SMARTS) is 1. The second kappa shape index (κ2) is 5.91. The molecule has 1 atom stereocenters. The predicted molar refractivity (Wildman–Crippen MR) is 70.9 cm³/mol. The van der Waals surface area contributed by atoms with Crippen LogP contribution in [0.15, 0.2) is 6.20 Å². The summed E-state index contributed by atoms with van der Waals surface area (Å²) in [5, 5.41) is 9.08. The molecular weight excluding hydrogens is 277 g/mol. The summed E-state index contributed by atoms with van der Waals surface area (Å²) in [5.41, 5.74) is 4.90. The van der Waals surface area contributed by atoms with Crippen LogP contribution in [0.2, 0.25) is 0 Å². The molecule has 0 radical (unpaired) electrons. The van der Waals surface area contributed by atoms with Crippen molar-refractivity contribution < 1.29 is 9.90 Å². The summed E-state index contributed by atoms with van der Waals surface area (Å²) in [5.74, 6) is -0.296. The zero-order chi connectivity index (χ0) is 13.9. The van der Waals surface area contributed by atoms with Gasteiger partial charge < -0.3 is 15.8 Å². The Bertz CT molecular complexity index is 420. The van der Waals surface area contributed by atoms with Crippen molar-refractivity contribution in [1.82, 2.24) is 9.97 Å². The number of aromatic nitrogens is 2. The van der Waals surface area contributed by atoms with E-state index in [4.69, 9.17) is 34.0 Å². The number of nitrogens with zero attached hydrogens (tertiary/aromatic N) is 1. The molecule has 1 rings (SSSR count). The number of halogens is 2. The maximum atomic E-state index is 11.1. The van der Waals surface area contributed by atoms with Gasteiger partial charge in [0.15, 0.2) is 5.54 Å². The van der Waals surface area contributed by atoms with Gasteiger partial charge in [-0.1, -0.05) is 13.8 Å². The molecule has 1 aromatic rings. The molecule has 0 aromatic carbocycles. The van der Waals surface area contributed by atoms with Gasteiger partial charge in [-0.15, -0.1) is 23.2 Å². The van der Waals surface area contributed by atoms with Gasteiger partial charge in [0.05, 0.1) is 0 Å². The van der Waals surface area contributed by atoms with Gasteiger partial charge in [-0.05, 0) is 12.3 Å². The molecule has 0 bridgehead atoms. The molecular formula is C11H17Cl2N3O2. The lowest BCUT2D eigenvalue weighted by atomic mass is 9.99. The molecule has 1 unspecified atom stereocenters. The molecule has 0 fully saturated rings. The Balaban J connectivity index is 2.83. The van der Waals surface area contributed by atoms with Crippen LogP contribution in [0.5, 0.6) is 0 Å². The van der Waals surface area contributed by atoms with Crippen LogP contribution in [0, 0.1) is 5.92 Å². The molecule has 0 aliphatic rings. The first kappa shape index (κ1) is 15.3. The minimum atomic E-state index is -1.74. The fraction of sp³-hybridized carbons (Fsp3) is 0.636. The fourth-order valence-electron chi connectivity index (χ4n) is 1.56. The first-order chi connectivity index (χ1) is 8.25. The zero-order valence-corrected chi connectivity index (χ0v) is 11.8. The number of carboxylic acids is 1. The number of aliphatic carboxylic acids is 1. The standard InChI is InChI=1S/C11H17Cl2N3O2/c1-6(2)3-7-5-15-8(16-7)4-11(14,9(12)13)10(17)18/h5-6,9H,3-4,14H2,1-2H3,(H,15,16)(H,17,18). The number of alkyl halides is 2. The van der Waals surface area contributed by atoms with Gasteiger partial charge in [-0.2, -0.15) is 0 Å². The van der Waals surface area contributed by atoms with E-state index >= 15 is 0 Å². The number of aromatic amines is 1. The maximum absolute atomic E-state index is 11.1. The van der Waals surface area contributed by atoms with E-state index in [9.17, 15) is 4.79 Å². The predicted octanol–water partition coefficient (Wildman–Crippen LogP) is 1.74. The minimum Gasteiger partial charge on any atom is -0.480 e. The van der Waals surface area contributed by atoms with Crippen molar-refractivity contribution in [2.75, 3.05) is 0 Å². The third kappa shape index (κ3) is 3.60. The van der Waals surface area contributed by atoms with E-state index in [-0.39, 0.29) is 6.42 Å². The summed E-state index contributed by atoms with van der Waals surface area (Å²) < 4.78 is 0. The van der Waals surface area contributed by atoms with Gasteiger partial charge >= 0.3 is 5.97 Å². The number of hydrogen-bond donors (Lipinski definition) is 3. The third-order valence-electron chi connectivity index (χ3n) is 2.56. The summed E-state index contributed by atoms with van der Waals surface area (Å²) in [7, 11) is 0. The van der Waals surface area contributed by atoms with Gasteiger partial charge in [-0.3, -0.25) is 4.79 Å². The van der Waals surface area contributed by atoms with Crippen molar-refractivity contribution in [1.29, 1.82) is 0 Å². The summed E-state index contributed by atoms with van der Waals surface area (Å²) in [6.07, 6.45) is 2.47. The van der Waals surface area contributed by atoms with E-state index in [1.54, 1.807) is 6.20 Å². The van der Waals surface area contributed by atoms with Crippen LogP contribution < -0.4 is 5.73 Å². The van der Waals surface area contributed by atoms with Crippen molar-refractivity contribution >= 4 is 29.2 Å². The first-order valence-corrected chi connectivity index (χ1v) is 6.46. The largest absolute Gasteiger partial charge is 0.480 e. The molecule has 0 saturated heterocycles. The van der Waals surface area contributed by atoms with Crippen LogP contribution in [0.25, 0.3) is 0 Å². The topological polar surface area (TPSA) is 92.0 Å². The zero-order valence-electron chi connectivity index (χ0n) is 10.3. The normalized spacial score (nSPS) is 15.1. The number of rotatable bonds is 6. The van der Waals surface area contributed by atoms with Crippen molar-refractivity contribution in [2.45, 2.75) is 37.1 Å². The van der Waals surface area contributed by atoms with Gasteiger partial charge in [-0.25, -0.2) is 4.98 Å². The Morgan fingerprint density at radius 3 is 2.67 bits per heavy atom. The van der Waals surface area contributed by atoms with E-state index in [1.807, 2.05) is 0 Å². The Morgan fingerprint density at radius 1 is 1.61 bits per heavy atom. The lowest BCUT2D eigenvalue weighted by Gasteiger charge is -2.24. The molecule has 4 N–H and O–H groups in total. The van der Waals surface area contributed by atoms with Crippen LogP contribution >= 0.6 is 23.2 Å². The molecule has 0 spiro atoms. The Hall–Kier alpha value is -0.780. The van der Waals surface area contributed by atoms with Crippen molar-refractivity contribution in [3.8, 4) is 0 Å². The highest BCUT2D eigenvalue weighted by molar-refractivity contribution is 6.46. The van der Waals surface area contributed by atoms with Gasteiger partial charge in [0, 0.05) is 18.3 Å². The minimum absolute atomic E-state index is 0.0436. The van der Waals surface area contributed by atoms with E-state index in [0.717, 1.165) is 12.1 Å². The molecule has 102 valence electrons. The van der Waals surface area contributed by atoms with Gasteiger partial charge in [0.2, 0.25) is 0 Å². The second-order valence-electron chi connectivity index (χ2n) is 4.78. The number of carbonyl (C=O) groups is 1. The van der Waals surface area contributed by atoms with Crippen molar-refractivity contribution in [3.63, 3.8) is 0 Å². The molecule has 18 heavy (non-hydrogen) atoms. The monoisotopic (exact) mass is 293 g/mol. The van der Waals surface area contributed by atoms with Gasteiger partial charge in [0.1, 0.15) is 10.7 Å². The molecule has 0 saturated carbocycles. The second-order valence-corrected chi connectivity index (χ2v) is 5.87. The highest BCUT2D eigenvalue weighted by Gasteiger charge is 2.41. The third-order valence-corrected chi connectivity index (χ3v) is 3.34. The van der Waals surface area contributed by atoms with E-state index in [0.29, 0.717) is 11.7 Å². The van der Waals surface area contributed by atoms with Crippen LogP contribution in [0.4, 0.5) is 0 Å². The number of H-pyrrole nitrogens is 1. The van der Waals surface area contributed by atoms with Crippen LogP contribution in [-0.2, 0) is 17.6 Å². The number of nitrogens with two attached hydrogens (primary N) is 1. The van der Waals surface area contributed by atoms with Gasteiger partial charge in [0.25, 0.3) is 0 Å². The Labute approximate surface area is 116 Å². The maximum Gasteiger partial charge on any atom is 0.326 e.